The molecule has 3 aromatic rings. The number of nitrogens with zero attached hydrogens (tertiary/aromatic N) is 2. The molecule has 0 saturated heterocycles. The van der Waals surface area contributed by atoms with Crippen LogP contribution in [0.5, 0.6) is 0 Å². The van der Waals surface area contributed by atoms with Gasteiger partial charge in [0, 0.05) is 29.6 Å². The molecule has 0 spiro atoms. The topological polar surface area (TPSA) is 86.8 Å². The van der Waals surface area contributed by atoms with Gasteiger partial charge in [-0.25, -0.2) is 8.42 Å². The Balaban J connectivity index is 2.06. The average molecular weight is 633 g/mol. The van der Waals surface area contributed by atoms with Crippen LogP contribution in [0.25, 0.3) is 0 Å². The van der Waals surface area contributed by atoms with Crippen LogP contribution >= 0.6 is 23.2 Å². The number of benzene rings is 3. The minimum absolute atomic E-state index is 0.0225. The van der Waals surface area contributed by atoms with E-state index in [0.717, 1.165) is 21.7 Å². The van der Waals surface area contributed by atoms with Crippen molar-refractivity contribution in [2.24, 2.45) is 5.92 Å². The lowest BCUT2D eigenvalue weighted by Gasteiger charge is -2.34. The first-order valence-electron chi connectivity index (χ1n) is 13.9. The van der Waals surface area contributed by atoms with E-state index in [-0.39, 0.29) is 30.7 Å². The Labute approximate surface area is 259 Å². The van der Waals surface area contributed by atoms with Crippen LogP contribution in [0.3, 0.4) is 0 Å². The first-order valence-corrected chi connectivity index (χ1v) is 16.5. The maximum Gasteiger partial charge on any atom is 0.244 e. The molecule has 0 radical (unpaired) electrons. The first kappa shape index (κ1) is 33.4. The number of carbonyl (C=O) groups excluding carboxylic acids is 2. The fraction of sp³-hybridized carbons (Fsp3) is 0.375. The quantitative estimate of drug-likeness (QED) is 0.240. The second kappa shape index (κ2) is 14.9. The average Bonchev–Trinajstić information content (AvgIpc) is 2.93. The monoisotopic (exact) mass is 631 g/mol. The first-order chi connectivity index (χ1) is 19.8. The van der Waals surface area contributed by atoms with Crippen LogP contribution in [0.1, 0.15) is 50.3 Å². The minimum Gasteiger partial charge on any atom is -0.354 e. The summed E-state index contributed by atoms with van der Waals surface area (Å²) in [4.78, 5) is 29.3. The summed E-state index contributed by atoms with van der Waals surface area (Å²) in [6.07, 6.45) is 1.29. The number of sulfonamides is 1. The van der Waals surface area contributed by atoms with Crippen LogP contribution in [0.2, 0.25) is 10.0 Å². The van der Waals surface area contributed by atoms with E-state index in [4.69, 9.17) is 23.2 Å². The van der Waals surface area contributed by atoms with Gasteiger partial charge in [-0.3, -0.25) is 13.9 Å². The Morgan fingerprint density at radius 3 is 2.10 bits per heavy atom. The normalized spacial score (nSPS) is 12.3. The summed E-state index contributed by atoms with van der Waals surface area (Å²) in [7, 11) is -3.85. The second-order valence-corrected chi connectivity index (χ2v) is 13.9. The molecule has 3 rings (SSSR count). The summed E-state index contributed by atoms with van der Waals surface area (Å²) in [5, 5.41) is 3.73. The molecule has 1 atom stereocenters. The van der Waals surface area contributed by atoms with Gasteiger partial charge < -0.3 is 10.2 Å². The van der Waals surface area contributed by atoms with Crippen molar-refractivity contribution in [2.45, 2.75) is 52.6 Å². The maximum atomic E-state index is 14.2. The van der Waals surface area contributed by atoms with Gasteiger partial charge in [0.15, 0.2) is 0 Å². The third-order valence-electron chi connectivity index (χ3n) is 6.84. The van der Waals surface area contributed by atoms with Crippen molar-refractivity contribution in [3.63, 3.8) is 0 Å². The van der Waals surface area contributed by atoms with Crippen LogP contribution in [0, 0.1) is 5.92 Å². The zero-order chi connectivity index (χ0) is 31.0. The summed E-state index contributed by atoms with van der Waals surface area (Å²) < 4.78 is 27.0. The highest BCUT2D eigenvalue weighted by Gasteiger charge is 2.33. The fourth-order valence-electron chi connectivity index (χ4n) is 4.45. The summed E-state index contributed by atoms with van der Waals surface area (Å²) >= 11 is 12.6. The van der Waals surface area contributed by atoms with E-state index in [1.807, 2.05) is 70.2 Å². The van der Waals surface area contributed by atoms with Crippen LogP contribution < -0.4 is 9.62 Å². The lowest BCUT2D eigenvalue weighted by Crippen LogP contribution is -2.53. The molecule has 3 aromatic carbocycles. The van der Waals surface area contributed by atoms with Crippen molar-refractivity contribution in [3.05, 3.63) is 99.5 Å². The lowest BCUT2D eigenvalue weighted by atomic mass is 10.0. The molecule has 0 aliphatic rings. The van der Waals surface area contributed by atoms with Crippen LogP contribution in [-0.4, -0.2) is 50.5 Å². The number of rotatable bonds is 13. The Bertz CT molecular complexity index is 1460. The van der Waals surface area contributed by atoms with Gasteiger partial charge in [-0.05, 0) is 52.8 Å². The molecule has 0 fully saturated rings. The Hall–Kier alpha value is -3.07. The number of halogens is 2. The third-order valence-corrected chi connectivity index (χ3v) is 8.57. The van der Waals surface area contributed by atoms with Crippen LogP contribution in [-0.2, 0) is 32.6 Å². The molecule has 42 heavy (non-hydrogen) atoms. The standard InChI is InChI=1S/C32H39Cl2N3O4S/c1-22(2)19-35-32(39)30(17-24-9-7-6-8-10-24)36(20-26-11-14-27(33)18-29(26)34)31(38)21-37(42(5,40)41)28-15-12-25(13-16-28)23(3)4/h6-16,18,22-23,30H,17,19-21H2,1-5H3,(H,35,39). The highest BCUT2D eigenvalue weighted by Crippen LogP contribution is 2.26. The van der Waals surface area contributed by atoms with Gasteiger partial charge in [0.25, 0.3) is 0 Å². The number of hydrogen-bond acceptors (Lipinski definition) is 4. The SMILES string of the molecule is CC(C)CNC(=O)C(Cc1ccccc1)N(Cc1ccc(Cl)cc1Cl)C(=O)CN(c1ccc(C(C)C)cc1)S(C)(=O)=O. The van der Waals surface area contributed by atoms with E-state index < -0.39 is 28.5 Å². The van der Waals surface area contributed by atoms with Crippen LogP contribution in [0.15, 0.2) is 72.8 Å². The molecule has 2 amide bonds. The molecule has 0 aliphatic heterocycles. The van der Waals surface area contributed by atoms with Crippen molar-refractivity contribution in [2.75, 3.05) is 23.7 Å². The Morgan fingerprint density at radius 2 is 1.55 bits per heavy atom. The van der Waals surface area contributed by atoms with E-state index in [0.29, 0.717) is 27.8 Å². The van der Waals surface area contributed by atoms with E-state index in [1.165, 1.54) is 4.90 Å². The maximum absolute atomic E-state index is 14.2. The fourth-order valence-corrected chi connectivity index (χ4v) is 5.77. The Morgan fingerprint density at radius 1 is 0.905 bits per heavy atom. The van der Waals surface area contributed by atoms with Gasteiger partial charge in [0.2, 0.25) is 21.8 Å². The number of hydrogen-bond donors (Lipinski definition) is 1. The lowest BCUT2D eigenvalue weighted by molar-refractivity contribution is -0.140. The molecule has 0 heterocycles. The minimum atomic E-state index is -3.85. The zero-order valence-corrected chi connectivity index (χ0v) is 27.0. The predicted octanol–water partition coefficient (Wildman–Crippen LogP) is 6.30. The number of amides is 2. The number of carbonyl (C=O) groups is 2. The molecule has 0 bridgehead atoms. The molecular formula is C32H39Cl2N3O4S. The smallest absolute Gasteiger partial charge is 0.244 e. The molecule has 1 N–H and O–H groups in total. The van der Waals surface area contributed by atoms with Crippen molar-refractivity contribution >= 4 is 50.7 Å². The predicted molar refractivity (Wildman–Crippen MR) is 172 cm³/mol. The van der Waals surface area contributed by atoms with Gasteiger partial charge >= 0.3 is 0 Å². The Kier molecular flexibility index (Phi) is 11.9. The molecular weight excluding hydrogens is 593 g/mol. The van der Waals surface area contributed by atoms with Gasteiger partial charge in [0.05, 0.1) is 11.9 Å². The van der Waals surface area contributed by atoms with Gasteiger partial charge in [-0.1, -0.05) is 99.4 Å². The van der Waals surface area contributed by atoms with Gasteiger partial charge in [-0.2, -0.15) is 0 Å². The van der Waals surface area contributed by atoms with E-state index in [9.17, 15) is 18.0 Å². The molecule has 0 aliphatic carbocycles. The van der Waals surface area contributed by atoms with Gasteiger partial charge in [0.1, 0.15) is 12.6 Å². The molecule has 226 valence electrons. The molecule has 0 aromatic heterocycles. The van der Waals surface area contributed by atoms with E-state index in [2.05, 4.69) is 5.32 Å². The molecule has 0 saturated carbocycles. The van der Waals surface area contributed by atoms with E-state index in [1.54, 1.807) is 30.3 Å². The van der Waals surface area contributed by atoms with Crippen LogP contribution in [0.4, 0.5) is 5.69 Å². The van der Waals surface area contributed by atoms with Crippen molar-refractivity contribution < 1.29 is 18.0 Å². The largest absolute Gasteiger partial charge is 0.354 e. The number of anilines is 1. The molecule has 10 heteroatoms. The highest BCUT2D eigenvalue weighted by molar-refractivity contribution is 7.92. The summed E-state index contributed by atoms with van der Waals surface area (Å²) in [5.74, 6) is -0.427. The summed E-state index contributed by atoms with van der Waals surface area (Å²) in [6.45, 7) is 7.97. The second-order valence-electron chi connectivity index (χ2n) is 11.1. The highest BCUT2D eigenvalue weighted by atomic mass is 35.5. The number of nitrogens with one attached hydrogen (secondary N) is 1. The summed E-state index contributed by atoms with van der Waals surface area (Å²) in [5.41, 5.74) is 2.84. The van der Waals surface area contributed by atoms with Crippen molar-refractivity contribution in [1.29, 1.82) is 0 Å². The molecule has 7 nitrogen and oxygen atoms in total. The van der Waals surface area contributed by atoms with Crippen molar-refractivity contribution in [3.8, 4) is 0 Å². The third kappa shape index (κ3) is 9.48. The summed E-state index contributed by atoms with van der Waals surface area (Å²) in [6, 6.07) is 20.5. The van der Waals surface area contributed by atoms with Gasteiger partial charge in [-0.15, -0.1) is 0 Å². The molecule has 1 unspecified atom stereocenters. The van der Waals surface area contributed by atoms with E-state index >= 15 is 0 Å². The van der Waals surface area contributed by atoms with Crippen molar-refractivity contribution in [1.82, 2.24) is 10.2 Å². The zero-order valence-electron chi connectivity index (χ0n) is 24.7.